The van der Waals surface area contributed by atoms with Crippen LogP contribution in [-0.2, 0) is 25.2 Å². The summed E-state index contributed by atoms with van der Waals surface area (Å²) in [7, 11) is 0. The lowest BCUT2D eigenvalue weighted by Crippen LogP contribution is -2.46. The molecule has 2 fully saturated rings. The zero-order valence-corrected chi connectivity index (χ0v) is 22.3. The summed E-state index contributed by atoms with van der Waals surface area (Å²) in [5.41, 5.74) is 0.732. The number of carbonyl (C=O) groups excluding carboxylic acids is 3. The average Bonchev–Trinajstić information content (AvgIpc) is 3.50. The Balaban J connectivity index is 1.67. The van der Waals surface area contributed by atoms with Gasteiger partial charge in [0.25, 0.3) is 0 Å². The Morgan fingerprint density at radius 3 is 1.25 bits per heavy atom. The van der Waals surface area contributed by atoms with E-state index in [-0.39, 0.29) is 23.6 Å². The summed E-state index contributed by atoms with van der Waals surface area (Å²) in [5.74, 6) is -2.20. The van der Waals surface area contributed by atoms with Crippen molar-refractivity contribution in [3.8, 4) is 0 Å². The number of amides is 2. The molecule has 3 aliphatic rings. The molecule has 8 rings (SSSR count). The van der Waals surface area contributed by atoms with E-state index in [2.05, 4.69) is 24.3 Å². The van der Waals surface area contributed by atoms with Crippen molar-refractivity contribution in [2.45, 2.75) is 30.7 Å². The molecule has 4 nitrogen and oxygen atoms in total. The first-order valence-electron chi connectivity index (χ1n) is 13.9. The summed E-state index contributed by atoms with van der Waals surface area (Å²) in [6.07, 6.45) is 0. The average molecular weight is 522 g/mol. The van der Waals surface area contributed by atoms with Crippen LogP contribution in [0.4, 0.5) is 0 Å². The minimum absolute atomic E-state index is 0.0611. The van der Waals surface area contributed by atoms with Crippen LogP contribution < -0.4 is 0 Å². The second-order valence-electron chi connectivity index (χ2n) is 11.6. The standard InChI is InChI=1S/C36H27NO3/c1-21(2)37-32(38)30-31(33(37)39)36(23-15-7-4-8-16-23)29-27-20-12-10-18-25(27)24-17-9-11-19-26(24)28(29)35(30,34(36)40)22-13-5-3-6-14-22/h3-21,30-31H,1-2H3/t30-,31+,35+,36-. The van der Waals surface area contributed by atoms with Crippen LogP contribution in [0.3, 0.4) is 0 Å². The third-order valence-corrected chi connectivity index (χ3v) is 9.69. The molecule has 40 heavy (non-hydrogen) atoms. The molecule has 2 amide bonds. The summed E-state index contributed by atoms with van der Waals surface area (Å²) in [6.45, 7) is 3.76. The van der Waals surface area contributed by atoms with Gasteiger partial charge in [-0.05, 0) is 57.6 Å². The van der Waals surface area contributed by atoms with E-state index in [0.29, 0.717) is 0 Å². The minimum Gasteiger partial charge on any atom is -0.297 e. The number of rotatable bonds is 3. The van der Waals surface area contributed by atoms with Gasteiger partial charge in [-0.3, -0.25) is 19.3 Å². The van der Waals surface area contributed by atoms with Gasteiger partial charge in [-0.2, -0.15) is 0 Å². The molecule has 0 aromatic heterocycles. The van der Waals surface area contributed by atoms with Crippen LogP contribution in [0.1, 0.15) is 36.1 Å². The highest BCUT2D eigenvalue weighted by Gasteiger charge is 2.82. The Labute approximate surface area is 232 Å². The first-order chi connectivity index (χ1) is 19.5. The number of imide groups is 1. The van der Waals surface area contributed by atoms with Crippen LogP contribution in [-0.4, -0.2) is 28.5 Å². The molecule has 2 aliphatic carbocycles. The van der Waals surface area contributed by atoms with Gasteiger partial charge >= 0.3 is 0 Å². The van der Waals surface area contributed by atoms with Crippen molar-refractivity contribution in [3.05, 3.63) is 131 Å². The molecule has 1 heterocycles. The Morgan fingerprint density at radius 2 is 0.875 bits per heavy atom. The van der Waals surface area contributed by atoms with Crippen molar-refractivity contribution >= 4 is 39.1 Å². The summed E-state index contributed by atoms with van der Waals surface area (Å²) in [5, 5.41) is 4.02. The van der Waals surface area contributed by atoms with Gasteiger partial charge in [-0.15, -0.1) is 0 Å². The smallest absolute Gasteiger partial charge is 0.235 e. The fraction of sp³-hybridized carbons (Fsp3) is 0.194. The van der Waals surface area contributed by atoms with Crippen LogP contribution in [0.15, 0.2) is 109 Å². The Bertz CT molecular complexity index is 1780. The number of carbonyl (C=O) groups is 3. The predicted molar refractivity (Wildman–Crippen MR) is 155 cm³/mol. The van der Waals surface area contributed by atoms with E-state index in [1.54, 1.807) is 0 Å². The summed E-state index contributed by atoms with van der Waals surface area (Å²) in [4.78, 5) is 46.0. The highest BCUT2D eigenvalue weighted by molar-refractivity contribution is 6.29. The van der Waals surface area contributed by atoms with Gasteiger partial charge in [0.1, 0.15) is 0 Å². The lowest BCUT2D eigenvalue weighted by atomic mass is 9.59. The zero-order chi connectivity index (χ0) is 27.4. The van der Waals surface area contributed by atoms with Crippen molar-refractivity contribution in [3.63, 3.8) is 0 Å². The number of hydrogen-bond acceptors (Lipinski definition) is 3. The van der Waals surface area contributed by atoms with Crippen molar-refractivity contribution in [1.82, 2.24) is 4.90 Å². The fourth-order valence-electron chi connectivity index (χ4n) is 8.48. The van der Waals surface area contributed by atoms with Gasteiger partial charge in [0.15, 0.2) is 5.78 Å². The number of Topliss-reactive ketones (excluding diaryl/α,β-unsaturated/α-hetero) is 1. The Kier molecular flexibility index (Phi) is 4.52. The fourth-order valence-corrected chi connectivity index (χ4v) is 8.48. The molecule has 0 spiro atoms. The Morgan fingerprint density at radius 1 is 0.525 bits per heavy atom. The van der Waals surface area contributed by atoms with Gasteiger partial charge in [0.05, 0.1) is 22.7 Å². The van der Waals surface area contributed by atoms with Crippen molar-refractivity contribution in [2.24, 2.45) is 11.8 Å². The number of fused-ring (bicyclic) bond motifs is 13. The maximum Gasteiger partial charge on any atom is 0.235 e. The molecule has 5 aromatic rings. The molecule has 0 radical (unpaired) electrons. The van der Waals surface area contributed by atoms with Gasteiger partial charge in [-0.25, -0.2) is 0 Å². The quantitative estimate of drug-likeness (QED) is 0.211. The molecule has 2 bridgehead atoms. The molecule has 194 valence electrons. The van der Waals surface area contributed by atoms with Crippen LogP contribution in [0.5, 0.6) is 0 Å². The molecule has 0 N–H and O–H groups in total. The molecule has 4 heteroatoms. The molecule has 1 saturated carbocycles. The van der Waals surface area contributed by atoms with Crippen molar-refractivity contribution in [2.75, 3.05) is 0 Å². The third kappa shape index (κ3) is 2.38. The minimum atomic E-state index is -1.29. The SMILES string of the molecule is CC(C)N1C(=O)[C@@H]2[C@H](C1=O)[C@@]1(c3ccccc3)C(=O)[C@]2(c2ccccc2)c2c1c1ccccc1c1ccccc21. The maximum absolute atomic E-state index is 15.6. The molecule has 0 unspecified atom stereocenters. The summed E-state index contributed by atoms with van der Waals surface area (Å²) < 4.78 is 0. The molecular weight excluding hydrogens is 494 g/mol. The van der Waals surface area contributed by atoms with Crippen molar-refractivity contribution < 1.29 is 14.4 Å². The van der Waals surface area contributed by atoms with Crippen LogP contribution in [0.2, 0.25) is 0 Å². The van der Waals surface area contributed by atoms with Gasteiger partial charge in [-0.1, -0.05) is 109 Å². The van der Waals surface area contributed by atoms with Gasteiger partial charge in [0, 0.05) is 6.04 Å². The highest BCUT2D eigenvalue weighted by atomic mass is 16.2. The zero-order valence-electron chi connectivity index (χ0n) is 22.3. The van der Waals surface area contributed by atoms with Gasteiger partial charge < -0.3 is 0 Å². The number of hydrogen-bond donors (Lipinski definition) is 0. The van der Waals surface area contributed by atoms with E-state index in [9.17, 15) is 9.59 Å². The largest absolute Gasteiger partial charge is 0.297 e. The highest BCUT2D eigenvalue weighted by Crippen LogP contribution is 2.72. The first kappa shape index (κ1) is 23.3. The topological polar surface area (TPSA) is 54.5 Å². The van der Waals surface area contributed by atoms with E-state index in [1.807, 2.05) is 98.8 Å². The van der Waals surface area contributed by atoms with E-state index in [1.165, 1.54) is 4.90 Å². The second kappa shape index (κ2) is 7.76. The number of nitrogens with zero attached hydrogens (tertiary/aromatic N) is 1. The van der Waals surface area contributed by atoms with E-state index in [0.717, 1.165) is 43.8 Å². The lowest BCUT2D eigenvalue weighted by Gasteiger charge is -2.38. The summed E-state index contributed by atoms with van der Waals surface area (Å²) in [6, 6.07) is 35.5. The monoisotopic (exact) mass is 521 g/mol. The maximum atomic E-state index is 15.6. The van der Waals surface area contributed by atoms with E-state index in [4.69, 9.17) is 0 Å². The van der Waals surface area contributed by atoms with Gasteiger partial charge in [0.2, 0.25) is 11.8 Å². The third-order valence-electron chi connectivity index (χ3n) is 9.69. The molecule has 4 atom stereocenters. The van der Waals surface area contributed by atoms with E-state index >= 15 is 4.79 Å². The number of likely N-dealkylation sites (tertiary alicyclic amines) is 1. The second-order valence-corrected chi connectivity index (χ2v) is 11.6. The van der Waals surface area contributed by atoms with Crippen LogP contribution >= 0.6 is 0 Å². The normalized spacial score (nSPS) is 26.8. The van der Waals surface area contributed by atoms with Crippen LogP contribution in [0.25, 0.3) is 21.5 Å². The first-order valence-corrected chi connectivity index (χ1v) is 13.9. The van der Waals surface area contributed by atoms with Crippen molar-refractivity contribution in [1.29, 1.82) is 0 Å². The summed E-state index contributed by atoms with van der Waals surface area (Å²) >= 11 is 0. The number of ketones is 1. The molecule has 1 saturated heterocycles. The predicted octanol–water partition coefficient (Wildman–Crippen LogP) is 6.17. The molecular formula is C36H27NO3. The lowest BCUT2D eigenvalue weighted by molar-refractivity contribution is -0.145. The Hall–Kier alpha value is -4.57. The van der Waals surface area contributed by atoms with Crippen LogP contribution in [0, 0.1) is 11.8 Å². The number of benzene rings is 5. The molecule has 5 aromatic carbocycles. The molecule has 1 aliphatic heterocycles. The van der Waals surface area contributed by atoms with E-state index < -0.39 is 22.7 Å².